The monoisotopic (exact) mass is 394 g/mol. The van der Waals surface area contributed by atoms with E-state index < -0.39 is 9.84 Å². The minimum absolute atomic E-state index is 0.265. The van der Waals surface area contributed by atoms with Crippen molar-refractivity contribution in [1.29, 1.82) is 0 Å². The third-order valence-corrected chi connectivity index (χ3v) is 6.71. The molecular weight excluding hydrogens is 372 g/mol. The second kappa shape index (κ2) is 7.64. The van der Waals surface area contributed by atoms with Crippen LogP contribution >= 0.6 is 0 Å². The highest BCUT2D eigenvalue weighted by Gasteiger charge is 2.22. The summed E-state index contributed by atoms with van der Waals surface area (Å²) in [5.41, 5.74) is 1.49. The van der Waals surface area contributed by atoms with Crippen molar-refractivity contribution in [3.8, 4) is 17.0 Å². The SMILES string of the molecule is COc1ccc(-c2cc(S(=O)(=O)c3ccccc3)cc(N3CCCC3)n2)cc1. The maximum atomic E-state index is 13.2. The Morgan fingerprint density at radius 1 is 0.893 bits per heavy atom. The van der Waals surface area contributed by atoms with E-state index in [0.29, 0.717) is 11.5 Å². The van der Waals surface area contributed by atoms with E-state index in [2.05, 4.69) is 4.90 Å². The molecule has 0 amide bonds. The molecule has 2 aromatic carbocycles. The number of methoxy groups -OCH3 is 1. The van der Waals surface area contributed by atoms with Gasteiger partial charge in [0.1, 0.15) is 11.6 Å². The molecule has 0 bridgehead atoms. The van der Waals surface area contributed by atoms with Crippen molar-refractivity contribution in [2.24, 2.45) is 0 Å². The fourth-order valence-corrected chi connectivity index (χ4v) is 4.72. The zero-order valence-corrected chi connectivity index (χ0v) is 16.5. The normalized spacial score (nSPS) is 14.2. The summed E-state index contributed by atoms with van der Waals surface area (Å²) < 4.78 is 31.7. The Bertz CT molecular complexity index is 1060. The van der Waals surface area contributed by atoms with Crippen molar-refractivity contribution in [3.05, 3.63) is 66.7 Å². The van der Waals surface area contributed by atoms with E-state index in [9.17, 15) is 8.42 Å². The van der Waals surface area contributed by atoms with E-state index in [-0.39, 0.29) is 9.79 Å². The van der Waals surface area contributed by atoms with Gasteiger partial charge < -0.3 is 9.64 Å². The van der Waals surface area contributed by atoms with E-state index in [4.69, 9.17) is 9.72 Å². The minimum atomic E-state index is -3.63. The van der Waals surface area contributed by atoms with E-state index >= 15 is 0 Å². The second-order valence-electron chi connectivity index (χ2n) is 6.79. The molecule has 0 unspecified atom stereocenters. The number of ether oxygens (including phenoxy) is 1. The Morgan fingerprint density at radius 2 is 1.57 bits per heavy atom. The van der Waals surface area contributed by atoms with Crippen LogP contribution in [0.2, 0.25) is 0 Å². The zero-order chi connectivity index (χ0) is 19.6. The molecule has 0 aliphatic carbocycles. The molecule has 1 fully saturated rings. The summed E-state index contributed by atoms with van der Waals surface area (Å²) in [7, 11) is -2.01. The third kappa shape index (κ3) is 3.60. The third-order valence-electron chi connectivity index (χ3n) is 4.96. The average Bonchev–Trinajstić information content (AvgIpc) is 3.29. The van der Waals surface area contributed by atoms with Gasteiger partial charge in [0.2, 0.25) is 9.84 Å². The maximum Gasteiger partial charge on any atom is 0.206 e. The largest absolute Gasteiger partial charge is 0.497 e. The number of sulfone groups is 1. The van der Waals surface area contributed by atoms with Gasteiger partial charge in [0, 0.05) is 18.7 Å². The van der Waals surface area contributed by atoms with E-state index in [1.165, 1.54) is 0 Å². The molecule has 0 radical (unpaired) electrons. The lowest BCUT2D eigenvalue weighted by molar-refractivity contribution is 0.415. The molecule has 144 valence electrons. The summed E-state index contributed by atoms with van der Waals surface area (Å²) in [6.07, 6.45) is 2.18. The molecule has 3 aromatic rings. The Kier molecular flexibility index (Phi) is 5.05. The number of aromatic nitrogens is 1. The zero-order valence-electron chi connectivity index (χ0n) is 15.7. The molecule has 6 heteroatoms. The van der Waals surface area contributed by atoms with Crippen LogP contribution in [0, 0.1) is 0 Å². The molecule has 0 spiro atoms. The van der Waals surface area contributed by atoms with E-state index in [1.807, 2.05) is 30.3 Å². The van der Waals surface area contributed by atoms with Crippen molar-refractivity contribution >= 4 is 15.7 Å². The van der Waals surface area contributed by atoms with Gasteiger partial charge in [-0.15, -0.1) is 0 Å². The lowest BCUT2D eigenvalue weighted by Crippen LogP contribution is -2.19. The number of hydrogen-bond acceptors (Lipinski definition) is 5. The number of rotatable bonds is 5. The summed E-state index contributed by atoms with van der Waals surface area (Å²) in [5.74, 6) is 1.46. The van der Waals surface area contributed by atoms with Gasteiger partial charge in [0.05, 0.1) is 22.6 Å². The van der Waals surface area contributed by atoms with Gasteiger partial charge >= 0.3 is 0 Å². The molecular formula is C22H22N2O3S. The van der Waals surface area contributed by atoms with Crippen LogP contribution in [-0.4, -0.2) is 33.6 Å². The summed E-state index contributed by atoms with van der Waals surface area (Å²) in [5, 5.41) is 0. The Labute approximate surface area is 165 Å². The topological polar surface area (TPSA) is 59.5 Å². The Hall–Kier alpha value is -2.86. The number of pyridine rings is 1. The first kappa shape index (κ1) is 18.5. The Morgan fingerprint density at radius 3 is 2.21 bits per heavy atom. The van der Waals surface area contributed by atoms with Crippen molar-refractivity contribution < 1.29 is 13.2 Å². The van der Waals surface area contributed by atoms with Crippen LogP contribution in [0.3, 0.4) is 0 Å². The molecule has 0 atom stereocenters. The number of benzene rings is 2. The molecule has 4 rings (SSSR count). The molecule has 28 heavy (non-hydrogen) atoms. The van der Waals surface area contributed by atoms with Crippen molar-refractivity contribution in [2.45, 2.75) is 22.6 Å². The summed E-state index contributed by atoms with van der Waals surface area (Å²) in [4.78, 5) is 7.47. The standard InChI is InChI=1S/C22H22N2O3S/c1-27-18-11-9-17(10-12-18)21-15-20(16-22(23-21)24-13-5-6-14-24)28(25,26)19-7-3-2-4-8-19/h2-4,7-12,15-16H,5-6,13-14H2,1H3. The molecule has 1 aliphatic heterocycles. The quantitative estimate of drug-likeness (QED) is 0.649. The average molecular weight is 394 g/mol. The highest BCUT2D eigenvalue weighted by Crippen LogP contribution is 2.31. The lowest BCUT2D eigenvalue weighted by atomic mass is 10.1. The van der Waals surface area contributed by atoms with Gasteiger partial charge in [-0.25, -0.2) is 13.4 Å². The van der Waals surface area contributed by atoms with Crippen LogP contribution in [0.15, 0.2) is 76.5 Å². The highest BCUT2D eigenvalue weighted by atomic mass is 32.2. The smallest absolute Gasteiger partial charge is 0.206 e. The summed E-state index contributed by atoms with van der Waals surface area (Å²) in [6, 6.07) is 19.4. The first-order chi connectivity index (χ1) is 13.6. The molecule has 1 saturated heterocycles. The summed E-state index contributed by atoms with van der Waals surface area (Å²) >= 11 is 0. The van der Waals surface area contributed by atoms with Gasteiger partial charge in [-0.1, -0.05) is 18.2 Å². The number of anilines is 1. The second-order valence-corrected chi connectivity index (χ2v) is 8.74. The van der Waals surface area contributed by atoms with Crippen LogP contribution in [0.1, 0.15) is 12.8 Å². The van der Waals surface area contributed by atoms with Crippen LogP contribution in [0.4, 0.5) is 5.82 Å². The van der Waals surface area contributed by atoms with Crippen molar-refractivity contribution in [2.75, 3.05) is 25.1 Å². The molecule has 2 heterocycles. The van der Waals surface area contributed by atoms with Gasteiger partial charge in [0.15, 0.2) is 0 Å². The van der Waals surface area contributed by atoms with E-state index in [1.54, 1.807) is 43.5 Å². The van der Waals surface area contributed by atoms with Crippen LogP contribution in [0.25, 0.3) is 11.3 Å². The lowest BCUT2D eigenvalue weighted by Gasteiger charge is -2.19. The molecule has 1 aromatic heterocycles. The molecule has 1 aliphatic rings. The number of hydrogen-bond donors (Lipinski definition) is 0. The Balaban J connectivity index is 1.84. The van der Waals surface area contributed by atoms with Gasteiger partial charge in [-0.2, -0.15) is 0 Å². The van der Waals surface area contributed by atoms with Gasteiger partial charge in [-0.3, -0.25) is 0 Å². The predicted octanol–water partition coefficient (Wildman–Crippen LogP) is 4.19. The van der Waals surface area contributed by atoms with E-state index in [0.717, 1.165) is 37.2 Å². The highest BCUT2D eigenvalue weighted by molar-refractivity contribution is 7.91. The molecule has 5 nitrogen and oxygen atoms in total. The van der Waals surface area contributed by atoms with Crippen LogP contribution < -0.4 is 9.64 Å². The fourth-order valence-electron chi connectivity index (χ4n) is 3.40. The van der Waals surface area contributed by atoms with Crippen molar-refractivity contribution in [1.82, 2.24) is 4.98 Å². The van der Waals surface area contributed by atoms with Gasteiger partial charge in [0.25, 0.3) is 0 Å². The maximum absolute atomic E-state index is 13.2. The minimum Gasteiger partial charge on any atom is -0.497 e. The molecule has 0 N–H and O–H groups in total. The predicted molar refractivity (Wildman–Crippen MR) is 110 cm³/mol. The van der Waals surface area contributed by atoms with Crippen LogP contribution in [-0.2, 0) is 9.84 Å². The summed E-state index contributed by atoms with van der Waals surface area (Å²) in [6.45, 7) is 1.79. The van der Waals surface area contributed by atoms with Crippen LogP contribution in [0.5, 0.6) is 5.75 Å². The number of nitrogens with zero attached hydrogens (tertiary/aromatic N) is 2. The first-order valence-electron chi connectivity index (χ1n) is 9.29. The molecule has 0 saturated carbocycles. The fraction of sp³-hybridized carbons (Fsp3) is 0.227. The van der Waals surface area contributed by atoms with Gasteiger partial charge in [-0.05, 0) is 61.4 Å². The van der Waals surface area contributed by atoms with Crippen molar-refractivity contribution in [3.63, 3.8) is 0 Å². The first-order valence-corrected chi connectivity index (χ1v) is 10.8.